The van der Waals surface area contributed by atoms with Crippen LogP contribution in [0.5, 0.6) is 0 Å². The number of aliphatic carboxylic acids is 1. The van der Waals surface area contributed by atoms with Crippen molar-refractivity contribution in [2.45, 2.75) is 105 Å². The van der Waals surface area contributed by atoms with E-state index in [1.807, 2.05) is 13.8 Å². The Hall–Kier alpha value is -1.73. The van der Waals surface area contributed by atoms with Crippen LogP contribution in [-0.4, -0.2) is 52.9 Å². The zero-order valence-electron chi connectivity index (χ0n) is 23.9. The molecule has 5 aliphatic rings. The third-order valence-corrected chi connectivity index (χ3v) is 13.4. The number of hydrogen-bond donors (Lipinski definition) is 3. The second-order valence-electron chi connectivity index (χ2n) is 14.8. The lowest BCUT2D eigenvalue weighted by atomic mass is 9.33. The van der Waals surface area contributed by atoms with Gasteiger partial charge in [0.15, 0.2) is 0 Å². The van der Waals surface area contributed by atoms with Crippen molar-refractivity contribution in [3.05, 3.63) is 11.6 Å². The van der Waals surface area contributed by atoms with E-state index >= 15 is 0 Å². The quantitative estimate of drug-likeness (QED) is 0.278. The second-order valence-corrected chi connectivity index (χ2v) is 14.8. The minimum Gasteiger partial charge on any atom is -0.481 e. The van der Waals surface area contributed by atoms with Crippen LogP contribution in [0.3, 0.4) is 0 Å². The Balaban J connectivity index is 1.61. The molecule has 0 saturated heterocycles. The lowest BCUT2D eigenvalue weighted by Gasteiger charge is -2.71. The van der Waals surface area contributed by atoms with Crippen molar-refractivity contribution < 1.29 is 34.4 Å². The molecule has 7 heteroatoms. The molecule has 0 aliphatic heterocycles. The average molecular weight is 531 g/mol. The zero-order valence-corrected chi connectivity index (χ0v) is 23.9. The Morgan fingerprint density at radius 1 is 0.974 bits per heavy atom. The van der Waals surface area contributed by atoms with Gasteiger partial charge in [-0.15, -0.1) is 0 Å². The van der Waals surface area contributed by atoms with Gasteiger partial charge in [0, 0.05) is 0 Å². The summed E-state index contributed by atoms with van der Waals surface area (Å²) in [6.45, 7) is 10.6. The molecule has 5 rings (SSSR count). The largest absolute Gasteiger partial charge is 0.481 e. The second kappa shape index (κ2) is 8.39. The maximum Gasteiger partial charge on any atom is 0.311 e. The summed E-state index contributed by atoms with van der Waals surface area (Å²) in [6.07, 6.45) is 6.75. The third-order valence-electron chi connectivity index (χ3n) is 13.4. The van der Waals surface area contributed by atoms with Crippen LogP contribution in [0.4, 0.5) is 0 Å². The van der Waals surface area contributed by atoms with E-state index < -0.39 is 34.4 Å². The standard InChI is InChI=1S/C31H46O7/c1-26(25(37)38-6)11-13-31(24(35)36)14-12-29(4)18(19(31)15-26)7-8-22-27(2)16-20(33)23(34)28(3,17-32)21(27)9-10-30(22,29)5/h7,17,19-23,33-34H,8-16H2,1-6H3,(H,35,36). The number of allylic oxidation sites excluding steroid dienone is 2. The highest BCUT2D eigenvalue weighted by Crippen LogP contribution is 2.75. The van der Waals surface area contributed by atoms with Crippen LogP contribution in [0.2, 0.25) is 0 Å². The first-order valence-corrected chi connectivity index (χ1v) is 14.4. The van der Waals surface area contributed by atoms with Gasteiger partial charge in [-0.05, 0) is 98.7 Å². The lowest BCUT2D eigenvalue weighted by Crippen LogP contribution is -2.68. The van der Waals surface area contributed by atoms with Gasteiger partial charge >= 0.3 is 11.9 Å². The molecule has 4 saturated carbocycles. The number of carboxylic acid groups (broad SMARTS) is 1. The Labute approximate surface area is 226 Å². The summed E-state index contributed by atoms with van der Waals surface area (Å²) in [4.78, 5) is 38.1. The molecule has 11 atom stereocenters. The van der Waals surface area contributed by atoms with E-state index in [1.54, 1.807) is 0 Å². The number of carboxylic acids is 1. The van der Waals surface area contributed by atoms with Crippen LogP contribution in [0, 0.1) is 50.2 Å². The van der Waals surface area contributed by atoms with Crippen molar-refractivity contribution in [3.8, 4) is 0 Å². The number of methoxy groups -OCH3 is 1. The summed E-state index contributed by atoms with van der Waals surface area (Å²) in [5, 5.41) is 32.4. The predicted octanol–water partition coefficient (Wildman–Crippen LogP) is 4.54. The first-order chi connectivity index (χ1) is 17.6. The Morgan fingerprint density at radius 3 is 2.24 bits per heavy atom. The van der Waals surface area contributed by atoms with E-state index in [4.69, 9.17) is 4.74 Å². The fourth-order valence-electron chi connectivity index (χ4n) is 10.9. The SMILES string of the molecule is COC(=O)C1(C)CCC2(C(=O)O)CCC3(C)C(=CCC4C5(C)CC(O)C(O)C(C)(C=O)C5CCC43C)C2C1. The topological polar surface area (TPSA) is 121 Å². The van der Waals surface area contributed by atoms with E-state index in [0.717, 1.165) is 32.0 Å². The zero-order chi connectivity index (χ0) is 28.1. The highest BCUT2D eigenvalue weighted by Gasteiger charge is 2.71. The van der Waals surface area contributed by atoms with E-state index in [9.17, 15) is 29.7 Å². The van der Waals surface area contributed by atoms with Gasteiger partial charge in [0.25, 0.3) is 0 Å². The molecular formula is C31H46O7. The van der Waals surface area contributed by atoms with Gasteiger partial charge in [-0.25, -0.2) is 0 Å². The third kappa shape index (κ3) is 3.18. The molecule has 38 heavy (non-hydrogen) atoms. The van der Waals surface area contributed by atoms with Gasteiger partial charge in [-0.2, -0.15) is 0 Å². The first-order valence-electron chi connectivity index (χ1n) is 14.4. The number of ether oxygens (including phenoxy) is 1. The van der Waals surface area contributed by atoms with Crippen LogP contribution in [0.25, 0.3) is 0 Å². The van der Waals surface area contributed by atoms with E-state index in [0.29, 0.717) is 32.1 Å². The molecule has 212 valence electrons. The predicted molar refractivity (Wildman–Crippen MR) is 141 cm³/mol. The van der Waals surface area contributed by atoms with Gasteiger partial charge < -0.3 is 24.9 Å². The maximum absolute atomic E-state index is 12.9. The monoisotopic (exact) mass is 530 g/mol. The fourth-order valence-corrected chi connectivity index (χ4v) is 10.9. The maximum atomic E-state index is 12.9. The number of aliphatic hydroxyl groups excluding tert-OH is 2. The smallest absolute Gasteiger partial charge is 0.311 e. The highest BCUT2D eigenvalue weighted by molar-refractivity contribution is 5.80. The van der Waals surface area contributed by atoms with Crippen LogP contribution in [0.1, 0.15) is 92.4 Å². The van der Waals surface area contributed by atoms with Crippen molar-refractivity contribution in [1.29, 1.82) is 0 Å². The van der Waals surface area contributed by atoms with Gasteiger partial charge in [0.1, 0.15) is 6.29 Å². The van der Waals surface area contributed by atoms with E-state index in [-0.39, 0.29) is 40.0 Å². The van der Waals surface area contributed by atoms with Gasteiger partial charge in [0.05, 0.1) is 35.6 Å². The van der Waals surface area contributed by atoms with E-state index in [1.165, 1.54) is 12.7 Å². The molecule has 0 radical (unpaired) electrons. The highest BCUT2D eigenvalue weighted by atomic mass is 16.5. The van der Waals surface area contributed by atoms with E-state index in [2.05, 4.69) is 26.8 Å². The molecule has 0 amide bonds. The van der Waals surface area contributed by atoms with Crippen LogP contribution in [-0.2, 0) is 19.1 Å². The molecular weight excluding hydrogens is 484 g/mol. The van der Waals surface area contributed by atoms with Crippen LogP contribution < -0.4 is 0 Å². The normalized spacial score (nSPS) is 53.8. The van der Waals surface area contributed by atoms with Crippen molar-refractivity contribution in [1.82, 2.24) is 0 Å². The van der Waals surface area contributed by atoms with Crippen molar-refractivity contribution in [3.63, 3.8) is 0 Å². The molecule has 0 heterocycles. The summed E-state index contributed by atoms with van der Waals surface area (Å²) in [6, 6.07) is 0. The summed E-state index contributed by atoms with van der Waals surface area (Å²) in [5.41, 5.74) is -2.18. The summed E-state index contributed by atoms with van der Waals surface area (Å²) in [7, 11) is 1.41. The molecule has 7 nitrogen and oxygen atoms in total. The minimum atomic E-state index is -1.07. The Morgan fingerprint density at radius 2 is 1.63 bits per heavy atom. The van der Waals surface area contributed by atoms with Crippen LogP contribution in [0.15, 0.2) is 11.6 Å². The molecule has 5 aliphatic carbocycles. The average Bonchev–Trinajstić information content (AvgIpc) is 2.87. The Kier molecular flexibility index (Phi) is 6.14. The summed E-state index contributed by atoms with van der Waals surface area (Å²) in [5.74, 6) is -1.12. The number of carbonyl (C=O) groups excluding carboxylic acids is 2. The van der Waals surface area contributed by atoms with Crippen molar-refractivity contribution in [2.24, 2.45) is 50.2 Å². The van der Waals surface area contributed by atoms with Crippen LogP contribution >= 0.6 is 0 Å². The van der Waals surface area contributed by atoms with Crippen molar-refractivity contribution in [2.75, 3.05) is 7.11 Å². The summed E-state index contributed by atoms with van der Waals surface area (Å²) < 4.78 is 5.18. The molecule has 0 aromatic rings. The molecule has 0 bridgehead atoms. The van der Waals surface area contributed by atoms with Gasteiger partial charge in [0.2, 0.25) is 0 Å². The number of carbonyl (C=O) groups is 3. The number of fused-ring (bicyclic) bond motifs is 7. The lowest BCUT2D eigenvalue weighted by molar-refractivity contribution is -0.228. The molecule has 11 unspecified atom stereocenters. The molecule has 4 fully saturated rings. The summed E-state index contributed by atoms with van der Waals surface area (Å²) >= 11 is 0. The Bertz CT molecular complexity index is 1080. The first kappa shape index (κ1) is 27.8. The fraction of sp³-hybridized carbons (Fsp3) is 0.839. The number of aldehydes is 1. The molecule has 3 N–H and O–H groups in total. The number of rotatable bonds is 3. The minimum absolute atomic E-state index is 0.0403. The molecule has 0 spiro atoms. The number of hydrogen-bond acceptors (Lipinski definition) is 6. The van der Waals surface area contributed by atoms with Gasteiger partial charge in [-0.1, -0.05) is 39.3 Å². The van der Waals surface area contributed by atoms with Gasteiger partial charge in [-0.3, -0.25) is 9.59 Å². The number of aliphatic hydroxyl groups is 2. The number of esters is 1. The molecule has 0 aromatic heterocycles. The molecule has 0 aromatic carbocycles. The van der Waals surface area contributed by atoms with Crippen molar-refractivity contribution >= 4 is 18.2 Å².